The van der Waals surface area contributed by atoms with Gasteiger partial charge < -0.3 is 16.2 Å². The van der Waals surface area contributed by atoms with Crippen molar-refractivity contribution in [3.05, 3.63) is 39.9 Å². The van der Waals surface area contributed by atoms with Gasteiger partial charge in [0.2, 0.25) is 5.91 Å². The van der Waals surface area contributed by atoms with Gasteiger partial charge in [0.05, 0.1) is 11.0 Å². The number of unbranched alkanes of at least 4 members (excludes halogenated alkanes) is 1. The van der Waals surface area contributed by atoms with Gasteiger partial charge >= 0.3 is 0 Å². The number of nitrogens with zero attached hydrogens (tertiary/aromatic N) is 1. The fourth-order valence-electron chi connectivity index (χ4n) is 1.72. The highest BCUT2D eigenvalue weighted by Gasteiger charge is 2.09. The van der Waals surface area contributed by atoms with E-state index in [-0.39, 0.29) is 11.6 Å². The van der Waals surface area contributed by atoms with Gasteiger partial charge in [0.25, 0.3) is 5.69 Å². The van der Waals surface area contributed by atoms with Crippen LogP contribution in [0.4, 0.5) is 5.69 Å². The third kappa shape index (κ3) is 5.77. The van der Waals surface area contributed by atoms with Crippen LogP contribution in [0, 0.1) is 10.1 Å². The average molecular weight is 281 g/mol. The topological polar surface area (TPSA) is 118 Å². The molecule has 0 bridgehead atoms. The molecule has 0 saturated heterocycles. The number of aliphatic hydroxyl groups excluding tert-OH is 1. The summed E-state index contributed by atoms with van der Waals surface area (Å²) in [6, 6.07) is 5.81. The van der Waals surface area contributed by atoms with Crippen molar-refractivity contribution >= 4 is 11.6 Å². The highest BCUT2D eigenvalue weighted by molar-refractivity contribution is 5.73. The Bertz CT molecular complexity index is 447. The summed E-state index contributed by atoms with van der Waals surface area (Å²) in [5.74, 6) is -0.309. The first kappa shape index (κ1) is 16.1. The Hall–Kier alpha value is -1.99. The van der Waals surface area contributed by atoms with Gasteiger partial charge in [0, 0.05) is 25.1 Å². The van der Waals surface area contributed by atoms with Crippen LogP contribution in [0.1, 0.15) is 30.9 Å². The van der Waals surface area contributed by atoms with Gasteiger partial charge in [-0.25, -0.2) is 0 Å². The number of benzene rings is 1. The Morgan fingerprint density at radius 3 is 2.55 bits per heavy atom. The molecule has 20 heavy (non-hydrogen) atoms. The number of hydrogen-bond donors (Lipinski definition) is 3. The van der Waals surface area contributed by atoms with E-state index >= 15 is 0 Å². The quantitative estimate of drug-likeness (QED) is 0.352. The van der Waals surface area contributed by atoms with Crippen molar-refractivity contribution < 1.29 is 14.8 Å². The lowest BCUT2D eigenvalue weighted by atomic mass is 10.1. The summed E-state index contributed by atoms with van der Waals surface area (Å²) in [6.07, 6.45) is 1.17. The summed E-state index contributed by atoms with van der Waals surface area (Å²) in [4.78, 5) is 20.5. The second-order valence-electron chi connectivity index (χ2n) is 4.49. The van der Waals surface area contributed by atoms with E-state index in [4.69, 9.17) is 5.73 Å². The molecule has 110 valence electrons. The number of amides is 1. The van der Waals surface area contributed by atoms with Gasteiger partial charge in [-0.1, -0.05) is 0 Å². The highest BCUT2D eigenvalue weighted by Crippen LogP contribution is 2.17. The molecular weight excluding hydrogens is 262 g/mol. The SMILES string of the molecule is NC(=O)CCCCNCC(O)c1ccc([N+](=O)[O-])cc1. The Morgan fingerprint density at radius 1 is 1.35 bits per heavy atom. The first-order valence-electron chi connectivity index (χ1n) is 6.42. The van der Waals surface area contributed by atoms with Crippen molar-refractivity contribution in [3.8, 4) is 0 Å². The fraction of sp³-hybridized carbons (Fsp3) is 0.462. The molecule has 1 atom stereocenters. The molecule has 0 fully saturated rings. The Balaban J connectivity index is 2.26. The molecule has 7 heteroatoms. The molecule has 1 unspecified atom stereocenters. The highest BCUT2D eigenvalue weighted by atomic mass is 16.6. The fourth-order valence-corrected chi connectivity index (χ4v) is 1.72. The molecule has 0 aromatic heterocycles. The van der Waals surface area contributed by atoms with Crippen molar-refractivity contribution in [2.24, 2.45) is 5.73 Å². The van der Waals surface area contributed by atoms with Crippen LogP contribution in [-0.4, -0.2) is 29.0 Å². The molecule has 1 rings (SSSR count). The molecule has 7 nitrogen and oxygen atoms in total. The Morgan fingerprint density at radius 2 is 2.00 bits per heavy atom. The predicted octanol–water partition coefficient (Wildman–Crippen LogP) is 0.873. The maximum atomic E-state index is 10.5. The maximum absolute atomic E-state index is 10.5. The van der Waals surface area contributed by atoms with E-state index in [2.05, 4.69) is 5.32 Å². The van der Waals surface area contributed by atoms with Crippen LogP contribution < -0.4 is 11.1 Å². The zero-order chi connectivity index (χ0) is 15.0. The van der Waals surface area contributed by atoms with Crippen LogP contribution in [0.3, 0.4) is 0 Å². The molecule has 1 amide bonds. The maximum Gasteiger partial charge on any atom is 0.269 e. The molecule has 1 aromatic rings. The molecule has 0 aliphatic rings. The molecule has 0 saturated carbocycles. The first-order valence-corrected chi connectivity index (χ1v) is 6.42. The van der Waals surface area contributed by atoms with E-state index in [0.29, 0.717) is 25.1 Å². The predicted molar refractivity (Wildman–Crippen MR) is 74.0 cm³/mol. The number of aliphatic hydroxyl groups is 1. The molecular formula is C13H19N3O4. The molecule has 4 N–H and O–H groups in total. The number of primary amides is 1. The monoisotopic (exact) mass is 281 g/mol. The summed E-state index contributed by atoms with van der Waals surface area (Å²) in [5, 5.41) is 23.4. The molecule has 0 aliphatic heterocycles. The summed E-state index contributed by atoms with van der Waals surface area (Å²) in [6.45, 7) is 1.03. The minimum Gasteiger partial charge on any atom is -0.387 e. The van der Waals surface area contributed by atoms with E-state index in [1.54, 1.807) is 0 Å². The molecule has 0 spiro atoms. The number of non-ortho nitro benzene ring substituents is 1. The lowest BCUT2D eigenvalue weighted by Crippen LogP contribution is -2.22. The number of nitrogens with two attached hydrogens (primary N) is 1. The molecule has 0 heterocycles. The third-order valence-corrected chi connectivity index (χ3v) is 2.85. The van der Waals surface area contributed by atoms with Gasteiger partial charge in [-0.3, -0.25) is 14.9 Å². The van der Waals surface area contributed by atoms with Crippen molar-refractivity contribution in [2.75, 3.05) is 13.1 Å². The van der Waals surface area contributed by atoms with Gasteiger partial charge in [-0.05, 0) is 37.1 Å². The minimum absolute atomic E-state index is 0.000334. The summed E-state index contributed by atoms with van der Waals surface area (Å²) >= 11 is 0. The van der Waals surface area contributed by atoms with Gasteiger partial charge in [-0.15, -0.1) is 0 Å². The Kier molecular flexibility index (Phi) is 6.61. The third-order valence-electron chi connectivity index (χ3n) is 2.85. The number of rotatable bonds is 9. The van der Waals surface area contributed by atoms with Crippen molar-refractivity contribution in [2.45, 2.75) is 25.4 Å². The minimum atomic E-state index is -0.716. The number of nitrogens with one attached hydrogen (secondary N) is 1. The van der Waals surface area contributed by atoms with Crippen LogP contribution in [0.25, 0.3) is 0 Å². The Labute approximate surface area is 116 Å². The number of nitro benzene ring substituents is 1. The average Bonchev–Trinajstić information content (AvgIpc) is 2.42. The lowest BCUT2D eigenvalue weighted by Gasteiger charge is -2.11. The van der Waals surface area contributed by atoms with Crippen molar-refractivity contribution in [1.29, 1.82) is 0 Å². The van der Waals surface area contributed by atoms with E-state index < -0.39 is 11.0 Å². The van der Waals surface area contributed by atoms with E-state index in [1.807, 2.05) is 0 Å². The number of nitro groups is 1. The molecule has 0 aliphatic carbocycles. The number of carbonyl (C=O) groups excluding carboxylic acids is 1. The van der Waals surface area contributed by atoms with Crippen molar-refractivity contribution in [3.63, 3.8) is 0 Å². The van der Waals surface area contributed by atoms with E-state index in [9.17, 15) is 20.0 Å². The standard InChI is InChI=1S/C13H19N3O4/c14-13(18)3-1-2-8-15-9-12(17)10-4-6-11(7-5-10)16(19)20/h4-7,12,15,17H,1-3,8-9H2,(H2,14,18). The van der Waals surface area contributed by atoms with Gasteiger partial charge in [-0.2, -0.15) is 0 Å². The smallest absolute Gasteiger partial charge is 0.269 e. The summed E-state index contributed by atoms with van der Waals surface area (Å²) < 4.78 is 0. The van der Waals surface area contributed by atoms with E-state index in [0.717, 1.165) is 12.8 Å². The zero-order valence-corrected chi connectivity index (χ0v) is 11.1. The number of carbonyl (C=O) groups is 1. The van der Waals surface area contributed by atoms with Crippen LogP contribution in [-0.2, 0) is 4.79 Å². The number of hydrogen-bond acceptors (Lipinski definition) is 5. The zero-order valence-electron chi connectivity index (χ0n) is 11.1. The van der Waals surface area contributed by atoms with Crippen LogP contribution >= 0.6 is 0 Å². The van der Waals surface area contributed by atoms with Crippen LogP contribution in [0.15, 0.2) is 24.3 Å². The van der Waals surface area contributed by atoms with Gasteiger partial charge in [0.15, 0.2) is 0 Å². The van der Waals surface area contributed by atoms with Crippen molar-refractivity contribution in [1.82, 2.24) is 5.32 Å². The molecule has 1 aromatic carbocycles. The first-order chi connectivity index (χ1) is 9.50. The normalized spacial score (nSPS) is 12.1. The molecule has 0 radical (unpaired) electrons. The van der Waals surface area contributed by atoms with E-state index in [1.165, 1.54) is 24.3 Å². The van der Waals surface area contributed by atoms with Crippen LogP contribution in [0.2, 0.25) is 0 Å². The summed E-state index contributed by atoms with van der Waals surface area (Å²) in [5.41, 5.74) is 5.64. The van der Waals surface area contributed by atoms with Crippen LogP contribution in [0.5, 0.6) is 0 Å². The summed E-state index contributed by atoms with van der Waals surface area (Å²) in [7, 11) is 0. The van der Waals surface area contributed by atoms with Gasteiger partial charge in [0.1, 0.15) is 0 Å². The second-order valence-corrected chi connectivity index (χ2v) is 4.49. The lowest BCUT2D eigenvalue weighted by molar-refractivity contribution is -0.384. The second kappa shape index (κ2) is 8.23. The largest absolute Gasteiger partial charge is 0.387 e.